The summed E-state index contributed by atoms with van der Waals surface area (Å²) in [6, 6.07) is 0. The van der Waals surface area contributed by atoms with Gasteiger partial charge in [-0.25, -0.2) is 4.98 Å². The number of nitrogens with zero attached hydrogens (tertiary/aromatic N) is 2. The van der Waals surface area contributed by atoms with E-state index in [2.05, 4.69) is 13.8 Å². The summed E-state index contributed by atoms with van der Waals surface area (Å²) in [5.41, 5.74) is 1.49. The average molecular weight is 393 g/mol. The predicted octanol–water partition coefficient (Wildman–Crippen LogP) is 4.51. The molecule has 1 fully saturated rings. The molecule has 1 atom stereocenters. The van der Waals surface area contributed by atoms with Crippen molar-refractivity contribution in [1.29, 1.82) is 0 Å². The summed E-state index contributed by atoms with van der Waals surface area (Å²) in [6.45, 7) is 6.92. The van der Waals surface area contributed by atoms with Gasteiger partial charge in [-0.15, -0.1) is 11.3 Å². The Labute approximate surface area is 163 Å². The van der Waals surface area contributed by atoms with E-state index in [4.69, 9.17) is 9.72 Å². The van der Waals surface area contributed by atoms with Gasteiger partial charge in [0.1, 0.15) is 4.83 Å². The number of hydrogen-bond acceptors (Lipinski definition) is 5. The van der Waals surface area contributed by atoms with Crippen LogP contribution in [0.2, 0.25) is 0 Å². The molecule has 6 heteroatoms. The minimum atomic E-state index is 0.195. The van der Waals surface area contributed by atoms with Crippen molar-refractivity contribution in [1.82, 2.24) is 9.55 Å². The molecule has 0 aromatic carbocycles. The van der Waals surface area contributed by atoms with Crippen LogP contribution in [0.4, 0.5) is 0 Å². The largest absolute Gasteiger partial charge is 0.381 e. The van der Waals surface area contributed by atoms with Crippen LogP contribution in [-0.2, 0) is 24.1 Å². The summed E-state index contributed by atoms with van der Waals surface area (Å²) in [4.78, 5) is 20.7. The minimum Gasteiger partial charge on any atom is -0.381 e. The molecule has 0 bridgehead atoms. The van der Waals surface area contributed by atoms with Crippen molar-refractivity contribution in [2.45, 2.75) is 64.1 Å². The number of fused-ring (bicyclic) bond motifs is 3. The van der Waals surface area contributed by atoms with Crippen LogP contribution in [0.1, 0.15) is 50.0 Å². The molecule has 1 aliphatic heterocycles. The fraction of sp³-hybridized carbons (Fsp3) is 0.700. The van der Waals surface area contributed by atoms with Crippen molar-refractivity contribution >= 4 is 33.3 Å². The lowest BCUT2D eigenvalue weighted by Crippen LogP contribution is -2.25. The molecule has 4 rings (SSSR count). The fourth-order valence-corrected chi connectivity index (χ4v) is 6.26. The second-order valence-electron chi connectivity index (χ2n) is 7.97. The number of thioether (sulfide) groups is 1. The molecule has 1 saturated heterocycles. The second-order valence-corrected chi connectivity index (χ2v) is 10.0. The van der Waals surface area contributed by atoms with Gasteiger partial charge in [-0.2, -0.15) is 0 Å². The molecule has 26 heavy (non-hydrogen) atoms. The maximum Gasteiger partial charge on any atom is 0.263 e. The zero-order chi connectivity index (χ0) is 18.1. The Morgan fingerprint density at radius 2 is 2.19 bits per heavy atom. The summed E-state index contributed by atoms with van der Waals surface area (Å²) < 4.78 is 7.47. The molecule has 4 nitrogen and oxygen atoms in total. The number of aryl methyl sites for hydroxylation is 2. The van der Waals surface area contributed by atoms with E-state index < -0.39 is 0 Å². The molecule has 3 heterocycles. The van der Waals surface area contributed by atoms with E-state index in [1.54, 1.807) is 23.1 Å². The first-order chi connectivity index (χ1) is 12.6. The minimum absolute atomic E-state index is 0.195. The van der Waals surface area contributed by atoms with E-state index in [1.165, 1.54) is 23.3 Å². The van der Waals surface area contributed by atoms with E-state index in [9.17, 15) is 4.79 Å². The SMILES string of the molecule is CC(C)CCn1c(SCC2CCOC2)nc2sc3c(c2c1=O)CCCC3. The van der Waals surface area contributed by atoms with Crippen molar-refractivity contribution in [3.63, 3.8) is 0 Å². The van der Waals surface area contributed by atoms with Crippen molar-refractivity contribution in [3.8, 4) is 0 Å². The van der Waals surface area contributed by atoms with Crippen LogP contribution in [-0.4, -0.2) is 28.5 Å². The van der Waals surface area contributed by atoms with Crippen LogP contribution in [0.15, 0.2) is 9.95 Å². The first-order valence-corrected chi connectivity index (χ1v) is 11.7. The standard InChI is InChI=1S/C20H28N2O2S2/c1-13(2)7-9-22-19(23)17-15-5-3-4-6-16(15)26-18(17)21-20(22)25-12-14-8-10-24-11-14/h13-14H,3-12H2,1-2H3. The highest BCUT2D eigenvalue weighted by molar-refractivity contribution is 7.99. The van der Waals surface area contributed by atoms with E-state index in [-0.39, 0.29) is 5.56 Å². The monoisotopic (exact) mass is 392 g/mol. The molecule has 142 valence electrons. The first-order valence-electron chi connectivity index (χ1n) is 9.89. The summed E-state index contributed by atoms with van der Waals surface area (Å²) in [5, 5.41) is 1.83. The molecular weight excluding hydrogens is 364 g/mol. The maximum absolute atomic E-state index is 13.4. The van der Waals surface area contributed by atoms with Gasteiger partial charge in [0.05, 0.1) is 12.0 Å². The topological polar surface area (TPSA) is 44.1 Å². The molecule has 2 aromatic rings. The van der Waals surface area contributed by atoms with E-state index in [0.717, 1.165) is 66.6 Å². The molecule has 0 radical (unpaired) electrons. The Balaban J connectivity index is 1.72. The molecule has 0 saturated carbocycles. The number of aromatic nitrogens is 2. The first kappa shape index (κ1) is 18.5. The second kappa shape index (κ2) is 8.03. The van der Waals surface area contributed by atoms with Crippen LogP contribution in [0.25, 0.3) is 10.2 Å². The van der Waals surface area contributed by atoms with Gasteiger partial charge in [0.25, 0.3) is 5.56 Å². The van der Waals surface area contributed by atoms with Gasteiger partial charge in [0.15, 0.2) is 5.16 Å². The van der Waals surface area contributed by atoms with Gasteiger partial charge < -0.3 is 4.74 Å². The fourth-order valence-electron chi connectivity index (χ4n) is 3.82. The predicted molar refractivity (Wildman–Crippen MR) is 110 cm³/mol. The molecule has 1 unspecified atom stereocenters. The average Bonchev–Trinajstić information content (AvgIpc) is 3.26. The maximum atomic E-state index is 13.4. The summed E-state index contributed by atoms with van der Waals surface area (Å²) in [7, 11) is 0. The zero-order valence-corrected chi connectivity index (χ0v) is 17.4. The lowest BCUT2D eigenvalue weighted by Gasteiger charge is -2.15. The lowest BCUT2D eigenvalue weighted by atomic mass is 9.97. The molecule has 1 aliphatic carbocycles. The van der Waals surface area contributed by atoms with E-state index in [0.29, 0.717) is 11.8 Å². The van der Waals surface area contributed by atoms with Gasteiger partial charge in [-0.3, -0.25) is 9.36 Å². The quantitative estimate of drug-likeness (QED) is 0.536. The van der Waals surface area contributed by atoms with Crippen LogP contribution < -0.4 is 5.56 Å². The highest BCUT2D eigenvalue weighted by atomic mass is 32.2. The van der Waals surface area contributed by atoms with Crippen LogP contribution in [0.5, 0.6) is 0 Å². The van der Waals surface area contributed by atoms with Crippen LogP contribution in [0.3, 0.4) is 0 Å². The molecule has 2 aromatic heterocycles. The van der Waals surface area contributed by atoms with Gasteiger partial charge in [0.2, 0.25) is 0 Å². The Bertz CT molecular complexity index is 834. The lowest BCUT2D eigenvalue weighted by molar-refractivity contribution is 0.189. The third-order valence-electron chi connectivity index (χ3n) is 5.44. The third-order valence-corrected chi connectivity index (χ3v) is 7.84. The van der Waals surface area contributed by atoms with E-state index >= 15 is 0 Å². The van der Waals surface area contributed by atoms with Gasteiger partial charge in [-0.1, -0.05) is 25.6 Å². The van der Waals surface area contributed by atoms with Crippen molar-refractivity contribution < 1.29 is 4.74 Å². The van der Waals surface area contributed by atoms with Crippen molar-refractivity contribution in [2.24, 2.45) is 11.8 Å². The zero-order valence-electron chi connectivity index (χ0n) is 15.8. The number of ether oxygens (including phenoxy) is 1. The normalized spacial score (nSPS) is 20.2. The third kappa shape index (κ3) is 3.73. The summed E-state index contributed by atoms with van der Waals surface area (Å²) in [5.74, 6) is 2.16. The molecule has 0 spiro atoms. The van der Waals surface area contributed by atoms with Gasteiger partial charge >= 0.3 is 0 Å². The van der Waals surface area contributed by atoms with Gasteiger partial charge in [0, 0.05) is 23.8 Å². The highest BCUT2D eigenvalue weighted by Crippen LogP contribution is 2.35. The van der Waals surface area contributed by atoms with Crippen molar-refractivity contribution in [3.05, 3.63) is 20.8 Å². The van der Waals surface area contributed by atoms with E-state index in [1.807, 2.05) is 4.57 Å². The van der Waals surface area contributed by atoms with Crippen LogP contribution >= 0.6 is 23.1 Å². The highest BCUT2D eigenvalue weighted by Gasteiger charge is 2.23. The van der Waals surface area contributed by atoms with Crippen molar-refractivity contribution in [2.75, 3.05) is 19.0 Å². The smallest absolute Gasteiger partial charge is 0.263 e. The van der Waals surface area contributed by atoms with Gasteiger partial charge in [-0.05, 0) is 55.9 Å². The number of rotatable bonds is 6. The molecular formula is C20H28N2O2S2. The number of thiophene rings is 1. The summed E-state index contributed by atoms with van der Waals surface area (Å²) >= 11 is 3.51. The molecule has 2 aliphatic rings. The summed E-state index contributed by atoms with van der Waals surface area (Å²) in [6.07, 6.45) is 6.73. The number of hydrogen-bond donors (Lipinski definition) is 0. The Morgan fingerprint density at radius 1 is 1.35 bits per heavy atom. The molecule has 0 amide bonds. The van der Waals surface area contributed by atoms with Crippen LogP contribution in [0, 0.1) is 11.8 Å². The molecule has 0 N–H and O–H groups in total. The Kier molecular flexibility index (Phi) is 5.72. The Hall–Kier alpha value is -0.850. The Morgan fingerprint density at radius 3 is 2.96 bits per heavy atom.